The molecule has 1 unspecified atom stereocenters. The molecule has 1 atom stereocenters. The van der Waals surface area contributed by atoms with Crippen LogP contribution in [0.4, 0.5) is 5.00 Å². The average molecular weight is 478 g/mol. The largest absolute Gasteiger partial charge is 0.342 e. The first-order valence-corrected chi connectivity index (χ1v) is 11.6. The van der Waals surface area contributed by atoms with Crippen LogP contribution in [0.25, 0.3) is 0 Å². The maximum absolute atomic E-state index is 12.4. The number of nitro groups is 1. The summed E-state index contributed by atoms with van der Waals surface area (Å²) in [6.45, 7) is 4.02. The molecule has 1 aromatic heterocycles. The first-order chi connectivity index (χ1) is 14.0. The van der Waals surface area contributed by atoms with Gasteiger partial charge in [0.1, 0.15) is 0 Å². The van der Waals surface area contributed by atoms with Crippen molar-refractivity contribution in [2.45, 2.75) is 32.4 Å². The highest BCUT2D eigenvalue weighted by Crippen LogP contribution is 2.33. The second-order valence-corrected chi connectivity index (χ2v) is 10.1. The van der Waals surface area contributed by atoms with Gasteiger partial charge in [-0.3, -0.25) is 19.8 Å². The van der Waals surface area contributed by atoms with E-state index in [-0.39, 0.29) is 15.8 Å². The summed E-state index contributed by atoms with van der Waals surface area (Å²) in [5.74, 6) is 1.05. The van der Waals surface area contributed by atoms with Crippen molar-refractivity contribution in [1.82, 2.24) is 9.80 Å². The van der Waals surface area contributed by atoms with Crippen molar-refractivity contribution in [2.75, 3.05) is 19.6 Å². The molecule has 2 aliphatic rings. The SMILES string of the molecule is O=C(C1CC1)N1CCC(CN(Cc2cccc(Br)c2)Cc2ccc([N+](=O)[O-])s2)C1. The van der Waals surface area contributed by atoms with E-state index >= 15 is 0 Å². The van der Waals surface area contributed by atoms with Gasteiger partial charge in [-0.05, 0) is 48.9 Å². The van der Waals surface area contributed by atoms with Crippen LogP contribution < -0.4 is 0 Å². The molecule has 1 amide bonds. The summed E-state index contributed by atoms with van der Waals surface area (Å²) in [4.78, 5) is 28.5. The molecular formula is C21H24BrN3O3S. The fourth-order valence-electron chi connectivity index (χ4n) is 3.98. The second kappa shape index (κ2) is 8.93. The lowest BCUT2D eigenvalue weighted by Crippen LogP contribution is -2.33. The fraction of sp³-hybridized carbons (Fsp3) is 0.476. The van der Waals surface area contributed by atoms with E-state index < -0.39 is 0 Å². The first kappa shape index (κ1) is 20.5. The van der Waals surface area contributed by atoms with E-state index in [1.807, 2.05) is 23.1 Å². The summed E-state index contributed by atoms with van der Waals surface area (Å²) in [6.07, 6.45) is 3.12. The molecule has 154 valence electrons. The minimum Gasteiger partial charge on any atom is -0.342 e. The number of nitrogens with zero attached hydrogens (tertiary/aromatic N) is 3. The molecular weight excluding hydrogens is 454 g/mol. The van der Waals surface area contributed by atoms with Crippen LogP contribution in [0.5, 0.6) is 0 Å². The van der Waals surface area contributed by atoms with E-state index in [4.69, 9.17) is 0 Å². The summed E-state index contributed by atoms with van der Waals surface area (Å²) >= 11 is 4.78. The molecule has 8 heteroatoms. The zero-order valence-electron chi connectivity index (χ0n) is 16.1. The van der Waals surface area contributed by atoms with Gasteiger partial charge >= 0.3 is 5.00 Å². The minimum absolute atomic E-state index is 0.185. The number of hydrogen-bond acceptors (Lipinski definition) is 5. The van der Waals surface area contributed by atoms with E-state index in [2.05, 4.69) is 33.0 Å². The lowest BCUT2D eigenvalue weighted by atomic mass is 10.1. The Bertz CT molecular complexity index is 899. The van der Waals surface area contributed by atoms with Crippen molar-refractivity contribution in [3.05, 3.63) is 61.4 Å². The Kier molecular flexibility index (Phi) is 6.32. The number of rotatable bonds is 8. The Morgan fingerprint density at radius 1 is 1.24 bits per heavy atom. The molecule has 0 radical (unpaired) electrons. The molecule has 1 saturated heterocycles. The summed E-state index contributed by atoms with van der Waals surface area (Å²) in [7, 11) is 0. The monoisotopic (exact) mass is 477 g/mol. The molecule has 6 nitrogen and oxygen atoms in total. The van der Waals surface area contributed by atoms with Gasteiger partial charge in [0.05, 0.1) is 4.92 Å². The quantitative estimate of drug-likeness (QED) is 0.408. The van der Waals surface area contributed by atoms with Gasteiger partial charge in [0.25, 0.3) is 0 Å². The number of carbonyl (C=O) groups is 1. The van der Waals surface area contributed by atoms with Crippen molar-refractivity contribution in [3.63, 3.8) is 0 Å². The average Bonchev–Trinajstić information content (AvgIpc) is 3.24. The van der Waals surface area contributed by atoms with E-state index in [1.54, 1.807) is 6.07 Å². The van der Waals surface area contributed by atoms with Gasteiger partial charge in [0, 0.05) is 54.1 Å². The Morgan fingerprint density at radius 3 is 2.76 bits per heavy atom. The van der Waals surface area contributed by atoms with Crippen LogP contribution in [0.2, 0.25) is 0 Å². The summed E-state index contributed by atoms with van der Waals surface area (Å²) < 4.78 is 1.05. The van der Waals surface area contributed by atoms with Gasteiger partial charge in [-0.1, -0.05) is 39.4 Å². The molecule has 29 heavy (non-hydrogen) atoms. The molecule has 1 aliphatic heterocycles. The standard InChI is InChI=1S/C21H24BrN3O3S/c22-18-3-1-2-15(10-18)11-23(14-19-6-7-20(29-19)25(27)28)12-16-8-9-24(13-16)21(26)17-4-5-17/h1-3,6-7,10,16-17H,4-5,8-9,11-14H2. The lowest BCUT2D eigenvalue weighted by molar-refractivity contribution is -0.380. The van der Waals surface area contributed by atoms with Crippen LogP contribution in [0, 0.1) is 22.0 Å². The van der Waals surface area contributed by atoms with E-state index in [1.165, 1.54) is 16.9 Å². The summed E-state index contributed by atoms with van der Waals surface area (Å²) in [6, 6.07) is 11.7. The molecule has 1 aromatic carbocycles. The molecule has 1 aliphatic carbocycles. The third kappa shape index (κ3) is 5.43. The van der Waals surface area contributed by atoms with Crippen LogP contribution in [0.3, 0.4) is 0 Å². The number of amides is 1. The third-order valence-corrected chi connectivity index (χ3v) is 7.06. The molecule has 0 spiro atoms. The highest BCUT2D eigenvalue weighted by Gasteiger charge is 2.36. The Morgan fingerprint density at radius 2 is 2.07 bits per heavy atom. The zero-order chi connectivity index (χ0) is 20.4. The molecule has 2 heterocycles. The number of halogens is 1. The second-order valence-electron chi connectivity index (χ2n) is 8.01. The van der Waals surface area contributed by atoms with Crippen molar-refractivity contribution < 1.29 is 9.72 Å². The van der Waals surface area contributed by atoms with Gasteiger partial charge in [-0.15, -0.1) is 0 Å². The van der Waals surface area contributed by atoms with Crippen molar-refractivity contribution in [1.29, 1.82) is 0 Å². The summed E-state index contributed by atoms with van der Waals surface area (Å²) in [5, 5.41) is 11.2. The number of benzene rings is 1. The highest BCUT2D eigenvalue weighted by molar-refractivity contribution is 9.10. The molecule has 1 saturated carbocycles. The van der Waals surface area contributed by atoms with E-state index in [0.29, 0.717) is 18.4 Å². The van der Waals surface area contributed by atoms with Gasteiger partial charge in [-0.25, -0.2) is 0 Å². The zero-order valence-corrected chi connectivity index (χ0v) is 18.5. The molecule has 2 fully saturated rings. The normalized spacial score (nSPS) is 19.1. The third-order valence-electron chi connectivity index (χ3n) is 5.54. The van der Waals surface area contributed by atoms with Crippen LogP contribution >= 0.6 is 27.3 Å². The molecule has 4 rings (SSSR count). The molecule has 2 aromatic rings. The Labute approximate surface area is 182 Å². The summed E-state index contributed by atoms with van der Waals surface area (Å²) in [5.41, 5.74) is 1.20. The topological polar surface area (TPSA) is 66.7 Å². The maximum atomic E-state index is 12.4. The highest BCUT2D eigenvalue weighted by atomic mass is 79.9. The fourth-order valence-corrected chi connectivity index (χ4v) is 5.29. The number of hydrogen-bond donors (Lipinski definition) is 0. The van der Waals surface area contributed by atoms with Crippen molar-refractivity contribution in [3.8, 4) is 0 Å². The van der Waals surface area contributed by atoms with Crippen LogP contribution in [-0.2, 0) is 17.9 Å². The first-order valence-electron chi connectivity index (χ1n) is 9.96. The Balaban J connectivity index is 1.43. The molecule has 0 N–H and O–H groups in total. The van der Waals surface area contributed by atoms with Gasteiger partial charge < -0.3 is 4.90 Å². The Hall–Kier alpha value is -1.77. The van der Waals surface area contributed by atoms with Crippen molar-refractivity contribution in [2.24, 2.45) is 11.8 Å². The van der Waals surface area contributed by atoms with E-state index in [0.717, 1.165) is 54.8 Å². The smallest absolute Gasteiger partial charge is 0.324 e. The number of carbonyl (C=O) groups excluding carboxylic acids is 1. The lowest BCUT2D eigenvalue weighted by Gasteiger charge is -2.25. The van der Waals surface area contributed by atoms with Crippen LogP contribution in [-0.4, -0.2) is 40.3 Å². The number of thiophene rings is 1. The predicted octanol–water partition coefficient (Wildman–Crippen LogP) is 4.68. The van der Waals surface area contributed by atoms with Crippen LogP contribution in [0.1, 0.15) is 29.7 Å². The maximum Gasteiger partial charge on any atom is 0.324 e. The van der Waals surface area contributed by atoms with E-state index in [9.17, 15) is 14.9 Å². The van der Waals surface area contributed by atoms with Gasteiger partial charge in [0.15, 0.2) is 0 Å². The minimum atomic E-state index is -0.328. The van der Waals surface area contributed by atoms with Gasteiger partial charge in [0.2, 0.25) is 5.91 Å². The van der Waals surface area contributed by atoms with Gasteiger partial charge in [-0.2, -0.15) is 0 Å². The number of likely N-dealkylation sites (tertiary alicyclic amines) is 1. The van der Waals surface area contributed by atoms with Crippen molar-refractivity contribution >= 4 is 38.2 Å². The predicted molar refractivity (Wildman–Crippen MR) is 117 cm³/mol. The molecule has 0 bridgehead atoms. The van der Waals surface area contributed by atoms with Crippen LogP contribution in [0.15, 0.2) is 40.9 Å².